The van der Waals surface area contributed by atoms with Crippen LogP contribution in [0.3, 0.4) is 0 Å². The van der Waals surface area contributed by atoms with Crippen molar-refractivity contribution in [2.24, 2.45) is 5.92 Å². The quantitative estimate of drug-likeness (QED) is 0.529. The smallest absolute Gasteiger partial charge is 0.410 e. The standard InChI is InChI=1S/C20H29NO5/c1-19(2,3)26-18(23)21-13-9-10-14-16(21)15(17(22)24-4)20(25-14)11-7-5-6-8-12-20/h7,9-11,14-16H,5-6,8,12-13H2,1-4H3/t14-,15-,16-,20-/m1/s1. The zero-order chi connectivity index (χ0) is 18.9. The van der Waals surface area contributed by atoms with Crippen molar-refractivity contribution in [3.8, 4) is 0 Å². The Bertz CT molecular complexity index is 620. The SMILES string of the molecule is COC(=O)[C@H]1[C@H]2[C@@H](C=CCN2C(=O)OC(C)(C)C)O[C@@]12C=CCCCC2. The van der Waals surface area contributed by atoms with E-state index in [0.29, 0.717) is 6.54 Å². The fourth-order valence-corrected chi connectivity index (χ4v) is 4.19. The molecular formula is C20H29NO5. The highest BCUT2D eigenvalue weighted by molar-refractivity contribution is 5.78. The largest absolute Gasteiger partial charge is 0.469 e. The molecule has 2 aliphatic heterocycles. The average molecular weight is 363 g/mol. The van der Waals surface area contributed by atoms with Crippen LogP contribution in [0.1, 0.15) is 46.5 Å². The maximum Gasteiger partial charge on any atom is 0.410 e. The molecule has 1 fully saturated rings. The highest BCUT2D eigenvalue weighted by Gasteiger charge is 2.60. The predicted octanol–water partition coefficient (Wildman–Crippen LogP) is 3.22. The minimum Gasteiger partial charge on any atom is -0.469 e. The first-order valence-electron chi connectivity index (χ1n) is 9.37. The van der Waals surface area contributed by atoms with Crippen LogP contribution in [0.15, 0.2) is 24.3 Å². The Morgan fingerprint density at radius 1 is 1.23 bits per heavy atom. The van der Waals surface area contributed by atoms with Crippen LogP contribution in [0.25, 0.3) is 0 Å². The molecule has 0 bridgehead atoms. The maximum atomic E-state index is 12.8. The lowest BCUT2D eigenvalue weighted by Gasteiger charge is -2.37. The van der Waals surface area contributed by atoms with Gasteiger partial charge in [-0.05, 0) is 46.5 Å². The molecule has 0 radical (unpaired) electrons. The van der Waals surface area contributed by atoms with E-state index < -0.39 is 29.3 Å². The van der Waals surface area contributed by atoms with Crippen LogP contribution in [0.2, 0.25) is 0 Å². The van der Waals surface area contributed by atoms with Crippen LogP contribution in [0, 0.1) is 5.92 Å². The number of esters is 1. The molecule has 1 amide bonds. The lowest BCUT2D eigenvalue weighted by molar-refractivity contribution is -0.151. The normalized spacial score (nSPS) is 33.7. The Kier molecular flexibility index (Phi) is 5.15. The summed E-state index contributed by atoms with van der Waals surface area (Å²) in [5.41, 5.74) is -1.33. The Balaban J connectivity index is 1.97. The highest BCUT2D eigenvalue weighted by atomic mass is 16.6. The molecule has 0 unspecified atom stereocenters. The van der Waals surface area contributed by atoms with E-state index >= 15 is 0 Å². The summed E-state index contributed by atoms with van der Waals surface area (Å²) in [5.74, 6) is -0.905. The number of ether oxygens (including phenoxy) is 3. The van der Waals surface area contributed by atoms with Gasteiger partial charge in [0.05, 0.1) is 19.3 Å². The van der Waals surface area contributed by atoms with Crippen molar-refractivity contribution >= 4 is 12.1 Å². The van der Waals surface area contributed by atoms with Crippen molar-refractivity contribution in [1.82, 2.24) is 4.90 Å². The summed E-state index contributed by atoms with van der Waals surface area (Å²) in [4.78, 5) is 27.2. The van der Waals surface area contributed by atoms with E-state index in [2.05, 4.69) is 6.08 Å². The molecule has 6 heteroatoms. The Morgan fingerprint density at radius 3 is 2.69 bits per heavy atom. The van der Waals surface area contributed by atoms with Gasteiger partial charge in [0.15, 0.2) is 0 Å². The first-order valence-corrected chi connectivity index (χ1v) is 9.37. The Morgan fingerprint density at radius 2 is 2.00 bits per heavy atom. The van der Waals surface area contributed by atoms with Crippen molar-refractivity contribution in [2.45, 2.75) is 69.8 Å². The van der Waals surface area contributed by atoms with Gasteiger partial charge >= 0.3 is 12.1 Å². The van der Waals surface area contributed by atoms with Gasteiger partial charge in [-0.15, -0.1) is 0 Å². The third-order valence-corrected chi connectivity index (χ3v) is 5.22. The molecule has 2 heterocycles. The lowest BCUT2D eigenvalue weighted by Crippen LogP contribution is -2.54. The zero-order valence-electron chi connectivity index (χ0n) is 16.1. The Labute approximate surface area is 155 Å². The van der Waals surface area contributed by atoms with Gasteiger partial charge in [0.1, 0.15) is 17.1 Å². The second kappa shape index (κ2) is 7.06. The third-order valence-electron chi connectivity index (χ3n) is 5.22. The molecule has 3 aliphatic rings. The summed E-state index contributed by atoms with van der Waals surface area (Å²) < 4.78 is 17.1. The van der Waals surface area contributed by atoms with Gasteiger partial charge in [-0.2, -0.15) is 0 Å². The molecule has 0 N–H and O–H groups in total. The lowest BCUT2D eigenvalue weighted by atomic mass is 9.79. The number of hydrogen-bond acceptors (Lipinski definition) is 5. The van der Waals surface area contributed by atoms with Crippen molar-refractivity contribution in [2.75, 3.05) is 13.7 Å². The number of fused-ring (bicyclic) bond motifs is 1. The van der Waals surface area contributed by atoms with Gasteiger partial charge in [-0.25, -0.2) is 4.79 Å². The van der Waals surface area contributed by atoms with Gasteiger partial charge in [0.25, 0.3) is 0 Å². The van der Waals surface area contributed by atoms with E-state index in [1.807, 2.05) is 39.0 Å². The molecule has 144 valence electrons. The summed E-state index contributed by atoms with van der Waals surface area (Å²) in [6.07, 6.45) is 10.9. The van der Waals surface area contributed by atoms with Crippen molar-refractivity contribution < 1.29 is 23.8 Å². The molecule has 1 saturated heterocycles. The van der Waals surface area contributed by atoms with Crippen molar-refractivity contribution in [3.05, 3.63) is 24.3 Å². The van der Waals surface area contributed by atoms with E-state index in [9.17, 15) is 9.59 Å². The summed E-state index contributed by atoms with van der Waals surface area (Å²) in [6.45, 7) is 5.90. The molecular weight excluding hydrogens is 334 g/mol. The van der Waals surface area contributed by atoms with Crippen LogP contribution in [0.4, 0.5) is 4.79 Å². The van der Waals surface area contributed by atoms with Crippen molar-refractivity contribution in [1.29, 1.82) is 0 Å². The van der Waals surface area contributed by atoms with E-state index in [0.717, 1.165) is 25.7 Å². The minimum absolute atomic E-state index is 0.340. The maximum absolute atomic E-state index is 12.8. The van der Waals surface area contributed by atoms with Gasteiger partial charge in [-0.3, -0.25) is 9.69 Å². The minimum atomic E-state index is -0.728. The number of carbonyl (C=O) groups excluding carboxylic acids is 2. The molecule has 0 saturated carbocycles. The number of carbonyl (C=O) groups is 2. The first kappa shape index (κ1) is 19.0. The summed E-state index contributed by atoms with van der Waals surface area (Å²) in [6, 6.07) is -0.426. The number of amides is 1. The monoisotopic (exact) mass is 363 g/mol. The van der Waals surface area contributed by atoms with Crippen LogP contribution in [-0.2, 0) is 19.0 Å². The third kappa shape index (κ3) is 3.52. The van der Waals surface area contributed by atoms with Gasteiger partial charge in [0, 0.05) is 6.54 Å². The second-order valence-electron chi connectivity index (χ2n) is 8.24. The molecule has 0 aromatic carbocycles. The average Bonchev–Trinajstić information content (AvgIpc) is 2.71. The van der Waals surface area contributed by atoms with Gasteiger partial charge in [0.2, 0.25) is 0 Å². The number of allylic oxidation sites excluding steroid dienone is 1. The fraction of sp³-hybridized carbons (Fsp3) is 0.700. The number of methoxy groups -OCH3 is 1. The van der Waals surface area contributed by atoms with Crippen LogP contribution in [-0.4, -0.2) is 54.0 Å². The fourth-order valence-electron chi connectivity index (χ4n) is 4.19. The zero-order valence-corrected chi connectivity index (χ0v) is 16.1. The molecule has 1 aliphatic carbocycles. The number of nitrogens with zero attached hydrogens (tertiary/aromatic N) is 1. The molecule has 4 atom stereocenters. The van der Waals surface area contributed by atoms with E-state index in [-0.39, 0.29) is 12.1 Å². The van der Waals surface area contributed by atoms with Crippen LogP contribution < -0.4 is 0 Å². The predicted molar refractivity (Wildman–Crippen MR) is 96.6 cm³/mol. The first-order chi connectivity index (χ1) is 12.3. The number of hydrogen-bond donors (Lipinski definition) is 0. The van der Waals surface area contributed by atoms with E-state index in [1.54, 1.807) is 4.90 Å². The van der Waals surface area contributed by atoms with Crippen LogP contribution >= 0.6 is 0 Å². The second-order valence-corrected chi connectivity index (χ2v) is 8.24. The van der Waals surface area contributed by atoms with Crippen LogP contribution in [0.5, 0.6) is 0 Å². The summed E-state index contributed by atoms with van der Waals surface area (Å²) >= 11 is 0. The molecule has 1 spiro atoms. The Hall–Kier alpha value is -1.82. The van der Waals surface area contributed by atoms with Crippen molar-refractivity contribution in [3.63, 3.8) is 0 Å². The van der Waals surface area contributed by atoms with E-state index in [1.165, 1.54) is 7.11 Å². The topological polar surface area (TPSA) is 65.1 Å². The van der Waals surface area contributed by atoms with E-state index in [4.69, 9.17) is 14.2 Å². The molecule has 6 nitrogen and oxygen atoms in total. The van der Waals surface area contributed by atoms with Gasteiger partial charge < -0.3 is 14.2 Å². The molecule has 0 aromatic rings. The van der Waals surface area contributed by atoms with Gasteiger partial charge in [-0.1, -0.05) is 24.3 Å². The number of rotatable bonds is 1. The molecule has 3 rings (SSSR count). The summed E-state index contributed by atoms with van der Waals surface area (Å²) in [5, 5.41) is 0. The highest BCUT2D eigenvalue weighted by Crippen LogP contribution is 2.47. The molecule has 0 aromatic heterocycles. The molecule has 26 heavy (non-hydrogen) atoms. The summed E-state index contributed by atoms with van der Waals surface area (Å²) in [7, 11) is 1.39.